The number of nitrogens with zero attached hydrogens (tertiary/aromatic N) is 1. The van der Waals surface area contributed by atoms with E-state index < -0.39 is 6.10 Å². The Labute approximate surface area is 136 Å². The predicted octanol–water partition coefficient (Wildman–Crippen LogP) is 2.82. The number of carbonyl (C=O) groups excluding carboxylic acids is 1. The molecule has 1 atom stereocenters. The molecule has 0 radical (unpaired) electrons. The Morgan fingerprint density at radius 3 is 2.17 bits per heavy atom. The van der Waals surface area contributed by atoms with Crippen LogP contribution in [0.15, 0.2) is 60.7 Å². The quantitative estimate of drug-likeness (QED) is 0.913. The molecule has 1 saturated heterocycles. The highest BCUT2D eigenvalue weighted by molar-refractivity contribution is 5.82. The summed E-state index contributed by atoms with van der Waals surface area (Å²) in [6.07, 6.45) is 0.722. The number of amides is 1. The van der Waals surface area contributed by atoms with Gasteiger partial charge in [-0.1, -0.05) is 48.5 Å². The molecule has 0 aromatic heterocycles. The first kappa shape index (κ1) is 15.6. The molecule has 0 spiro atoms. The van der Waals surface area contributed by atoms with E-state index in [9.17, 15) is 9.90 Å². The maximum Gasteiger partial charge on any atom is 0.256 e. The van der Waals surface area contributed by atoms with E-state index in [2.05, 4.69) is 17.4 Å². The van der Waals surface area contributed by atoms with Gasteiger partial charge in [0.05, 0.1) is 0 Å². The molecule has 1 fully saturated rings. The van der Waals surface area contributed by atoms with Crippen LogP contribution in [-0.2, 0) is 4.79 Å². The highest BCUT2D eigenvalue weighted by Crippen LogP contribution is 2.21. The van der Waals surface area contributed by atoms with Crippen LogP contribution in [0, 0.1) is 0 Å². The fraction of sp³-hybridized carbons (Fsp3) is 0.316. The van der Waals surface area contributed by atoms with Crippen molar-refractivity contribution >= 4 is 11.6 Å². The van der Waals surface area contributed by atoms with Gasteiger partial charge in [-0.25, -0.2) is 0 Å². The SMILES string of the molecule is O=C(C(O)c1ccccc1)N1CCC(Nc2ccccc2)CC1. The molecule has 1 unspecified atom stereocenters. The minimum Gasteiger partial charge on any atom is -0.382 e. The van der Waals surface area contributed by atoms with Crippen LogP contribution >= 0.6 is 0 Å². The first-order chi connectivity index (χ1) is 11.2. The zero-order valence-corrected chi connectivity index (χ0v) is 13.1. The molecule has 1 aliphatic heterocycles. The third-order valence-electron chi connectivity index (χ3n) is 4.30. The lowest BCUT2D eigenvalue weighted by atomic mass is 10.0. The number of hydrogen-bond acceptors (Lipinski definition) is 3. The largest absolute Gasteiger partial charge is 0.382 e. The predicted molar refractivity (Wildman–Crippen MR) is 91.1 cm³/mol. The van der Waals surface area contributed by atoms with Gasteiger partial charge in [-0.3, -0.25) is 4.79 Å². The van der Waals surface area contributed by atoms with Crippen molar-refractivity contribution in [2.75, 3.05) is 18.4 Å². The summed E-state index contributed by atoms with van der Waals surface area (Å²) < 4.78 is 0. The standard InChI is InChI=1S/C19H22N2O2/c22-18(15-7-3-1-4-8-15)19(23)21-13-11-17(12-14-21)20-16-9-5-2-6-10-16/h1-10,17-18,20,22H,11-14H2. The molecule has 23 heavy (non-hydrogen) atoms. The lowest BCUT2D eigenvalue weighted by Crippen LogP contribution is -2.44. The van der Waals surface area contributed by atoms with E-state index in [1.165, 1.54) is 0 Å². The van der Waals surface area contributed by atoms with Gasteiger partial charge in [0, 0.05) is 24.8 Å². The van der Waals surface area contributed by atoms with Crippen LogP contribution in [0.25, 0.3) is 0 Å². The van der Waals surface area contributed by atoms with Crippen molar-refractivity contribution in [1.29, 1.82) is 0 Å². The molecule has 2 N–H and O–H groups in total. The Balaban J connectivity index is 1.53. The normalized spacial score (nSPS) is 16.8. The van der Waals surface area contributed by atoms with Gasteiger partial charge < -0.3 is 15.3 Å². The van der Waals surface area contributed by atoms with E-state index in [0.717, 1.165) is 18.5 Å². The van der Waals surface area contributed by atoms with Crippen molar-refractivity contribution in [2.24, 2.45) is 0 Å². The molecule has 0 bridgehead atoms. The number of hydrogen-bond donors (Lipinski definition) is 2. The summed E-state index contributed by atoms with van der Waals surface area (Å²) in [6, 6.07) is 19.6. The number of anilines is 1. The number of rotatable bonds is 4. The van der Waals surface area contributed by atoms with Crippen molar-refractivity contribution in [3.63, 3.8) is 0 Å². The zero-order chi connectivity index (χ0) is 16.1. The van der Waals surface area contributed by atoms with Crippen LogP contribution in [0.3, 0.4) is 0 Å². The van der Waals surface area contributed by atoms with Crippen LogP contribution in [0.4, 0.5) is 5.69 Å². The van der Waals surface area contributed by atoms with Crippen molar-refractivity contribution in [3.05, 3.63) is 66.2 Å². The lowest BCUT2D eigenvalue weighted by molar-refractivity contribution is -0.141. The van der Waals surface area contributed by atoms with Gasteiger partial charge in [0.2, 0.25) is 0 Å². The summed E-state index contributed by atoms with van der Waals surface area (Å²) in [7, 11) is 0. The molecule has 4 nitrogen and oxygen atoms in total. The summed E-state index contributed by atoms with van der Waals surface area (Å²) in [5.74, 6) is -0.200. The van der Waals surface area contributed by atoms with Gasteiger partial charge >= 0.3 is 0 Å². The fourth-order valence-corrected chi connectivity index (χ4v) is 2.97. The third kappa shape index (κ3) is 3.90. The van der Waals surface area contributed by atoms with Gasteiger partial charge in [0.1, 0.15) is 0 Å². The Morgan fingerprint density at radius 1 is 1.00 bits per heavy atom. The van der Waals surface area contributed by atoms with Crippen molar-refractivity contribution < 1.29 is 9.90 Å². The van der Waals surface area contributed by atoms with Crippen LogP contribution in [0.5, 0.6) is 0 Å². The Morgan fingerprint density at radius 2 is 1.57 bits per heavy atom. The molecule has 4 heteroatoms. The molecular formula is C19H22N2O2. The minimum absolute atomic E-state index is 0.200. The van der Waals surface area contributed by atoms with Crippen LogP contribution < -0.4 is 5.32 Å². The number of piperidine rings is 1. The van der Waals surface area contributed by atoms with E-state index in [1.807, 2.05) is 36.4 Å². The highest BCUT2D eigenvalue weighted by atomic mass is 16.3. The van der Waals surface area contributed by atoms with Crippen molar-refractivity contribution in [1.82, 2.24) is 4.90 Å². The maximum absolute atomic E-state index is 12.4. The summed E-state index contributed by atoms with van der Waals surface area (Å²) in [6.45, 7) is 1.35. The van der Waals surface area contributed by atoms with Crippen LogP contribution in [0.2, 0.25) is 0 Å². The van der Waals surface area contributed by atoms with Gasteiger partial charge in [0.25, 0.3) is 5.91 Å². The Hall–Kier alpha value is -2.33. The number of aliphatic hydroxyl groups is 1. The van der Waals surface area contributed by atoms with Gasteiger partial charge in [-0.15, -0.1) is 0 Å². The average molecular weight is 310 g/mol. The zero-order valence-electron chi connectivity index (χ0n) is 13.1. The molecule has 2 aromatic carbocycles. The minimum atomic E-state index is -1.06. The second-order valence-electron chi connectivity index (χ2n) is 5.92. The number of para-hydroxylation sites is 1. The molecule has 1 amide bonds. The highest BCUT2D eigenvalue weighted by Gasteiger charge is 2.27. The second-order valence-corrected chi connectivity index (χ2v) is 5.92. The van der Waals surface area contributed by atoms with E-state index in [1.54, 1.807) is 17.0 Å². The molecule has 1 aliphatic rings. The van der Waals surface area contributed by atoms with Crippen molar-refractivity contribution in [3.8, 4) is 0 Å². The second kappa shape index (κ2) is 7.29. The molecule has 120 valence electrons. The molecule has 0 aliphatic carbocycles. The first-order valence-corrected chi connectivity index (χ1v) is 8.07. The summed E-state index contributed by atoms with van der Waals surface area (Å²) in [5, 5.41) is 13.7. The third-order valence-corrected chi connectivity index (χ3v) is 4.30. The number of aliphatic hydroxyl groups excluding tert-OH is 1. The fourth-order valence-electron chi connectivity index (χ4n) is 2.97. The monoisotopic (exact) mass is 310 g/mol. The molecule has 2 aromatic rings. The van der Waals surface area contributed by atoms with E-state index >= 15 is 0 Å². The molecule has 0 saturated carbocycles. The van der Waals surface area contributed by atoms with Crippen LogP contribution in [0.1, 0.15) is 24.5 Å². The first-order valence-electron chi connectivity index (χ1n) is 8.07. The smallest absolute Gasteiger partial charge is 0.256 e. The van der Waals surface area contributed by atoms with E-state index in [4.69, 9.17) is 0 Å². The van der Waals surface area contributed by atoms with E-state index in [0.29, 0.717) is 24.7 Å². The molecule has 1 heterocycles. The topological polar surface area (TPSA) is 52.6 Å². The molecular weight excluding hydrogens is 288 g/mol. The van der Waals surface area contributed by atoms with Crippen molar-refractivity contribution in [2.45, 2.75) is 25.0 Å². The van der Waals surface area contributed by atoms with Gasteiger partial charge in [-0.2, -0.15) is 0 Å². The number of nitrogens with one attached hydrogen (secondary N) is 1. The lowest BCUT2D eigenvalue weighted by Gasteiger charge is -2.34. The van der Waals surface area contributed by atoms with Gasteiger partial charge in [-0.05, 0) is 30.5 Å². The molecule has 3 rings (SSSR count). The Bertz CT molecular complexity index is 622. The summed E-state index contributed by atoms with van der Waals surface area (Å²) in [4.78, 5) is 14.2. The number of likely N-dealkylation sites (tertiary alicyclic amines) is 1. The summed E-state index contributed by atoms with van der Waals surface area (Å²) in [5.41, 5.74) is 1.77. The van der Waals surface area contributed by atoms with Gasteiger partial charge in [0.15, 0.2) is 6.10 Å². The summed E-state index contributed by atoms with van der Waals surface area (Å²) >= 11 is 0. The van der Waals surface area contributed by atoms with Crippen LogP contribution in [-0.4, -0.2) is 35.0 Å². The number of carbonyl (C=O) groups is 1. The number of benzene rings is 2. The Kier molecular flexibility index (Phi) is 4.93. The average Bonchev–Trinajstić information content (AvgIpc) is 2.63. The maximum atomic E-state index is 12.4. The van der Waals surface area contributed by atoms with E-state index in [-0.39, 0.29) is 5.91 Å².